The van der Waals surface area contributed by atoms with Crippen molar-refractivity contribution in [3.8, 4) is 0 Å². The van der Waals surface area contributed by atoms with E-state index in [-0.39, 0.29) is 18.1 Å². The van der Waals surface area contributed by atoms with Crippen molar-refractivity contribution in [3.63, 3.8) is 0 Å². The molecule has 1 N–H and O–H groups in total. The lowest BCUT2D eigenvalue weighted by molar-refractivity contribution is -0.136. The number of hydrogen-bond donors (Lipinski definition) is 1. The van der Waals surface area contributed by atoms with E-state index in [1.807, 2.05) is 11.8 Å². The van der Waals surface area contributed by atoms with Crippen molar-refractivity contribution < 1.29 is 9.90 Å². The molecule has 4 nitrogen and oxygen atoms in total. The van der Waals surface area contributed by atoms with Crippen LogP contribution in [0, 0.1) is 11.8 Å². The van der Waals surface area contributed by atoms with E-state index in [1.165, 1.54) is 6.42 Å². The average molecular weight is 282 g/mol. The zero-order valence-corrected chi connectivity index (χ0v) is 13.2. The van der Waals surface area contributed by atoms with Crippen molar-refractivity contribution in [1.82, 2.24) is 9.80 Å². The molecule has 0 aliphatic carbocycles. The second kappa shape index (κ2) is 6.90. The summed E-state index contributed by atoms with van der Waals surface area (Å²) in [6, 6.07) is 0.160. The van der Waals surface area contributed by atoms with Gasteiger partial charge in [0.05, 0.1) is 12.6 Å². The fraction of sp³-hybridized carbons (Fsp3) is 0.938. The Bertz CT molecular complexity index is 322. The van der Waals surface area contributed by atoms with Gasteiger partial charge in [-0.05, 0) is 44.6 Å². The monoisotopic (exact) mass is 282 g/mol. The molecule has 4 unspecified atom stereocenters. The van der Waals surface area contributed by atoms with E-state index in [4.69, 9.17) is 0 Å². The molecule has 0 radical (unpaired) electrons. The van der Waals surface area contributed by atoms with Gasteiger partial charge in [-0.3, -0.25) is 9.69 Å². The zero-order valence-electron chi connectivity index (χ0n) is 13.2. The number of nitrogens with zero attached hydrogens (tertiary/aromatic N) is 2. The highest BCUT2D eigenvalue weighted by Crippen LogP contribution is 2.23. The normalized spacial score (nSPS) is 34.0. The molecule has 0 spiro atoms. The average Bonchev–Trinajstić information content (AvgIpc) is 2.37. The fourth-order valence-corrected chi connectivity index (χ4v) is 3.90. The van der Waals surface area contributed by atoms with Crippen LogP contribution in [0.4, 0.5) is 0 Å². The van der Waals surface area contributed by atoms with E-state index in [0.29, 0.717) is 18.4 Å². The standard InChI is InChI=1S/C16H30N2O2/c1-12-8-13(2)10-18(9-12)16(20)11-17-7-5-4-6-15(17)14(3)19/h12-15,19H,4-11H2,1-3H3. The minimum absolute atomic E-state index is 0.160. The smallest absolute Gasteiger partial charge is 0.236 e. The summed E-state index contributed by atoms with van der Waals surface area (Å²) in [5.41, 5.74) is 0. The Labute approximate surface area is 123 Å². The Balaban J connectivity index is 1.92. The lowest BCUT2D eigenvalue weighted by Gasteiger charge is -2.40. The van der Waals surface area contributed by atoms with Crippen molar-refractivity contribution in [3.05, 3.63) is 0 Å². The molecule has 0 aromatic rings. The van der Waals surface area contributed by atoms with Crippen LogP contribution in [0.2, 0.25) is 0 Å². The summed E-state index contributed by atoms with van der Waals surface area (Å²) < 4.78 is 0. The molecule has 116 valence electrons. The highest BCUT2D eigenvalue weighted by Gasteiger charge is 2.31. The lowest BCUT2D eigenvalue weighted by atomic mass is 9.91. The summed E-state index contributed by atoms with van der Waals surface area (Å²) in [6.07, 6.45) is 4.20. The van der Waals surface area contributed by atoms with Gasteiger partial charge in [-0.15, -0.1) is 0 Å². The first kappa shape index (κ1) is 15.8. The molecule has 0 bridgehead atoms. The van der Waals surface area contributed by atoms with Gasteiger partial charge >= 0.3 is 0 Å². The molecule has 0 saturated carbocycles. The summed E-state index contributed by atoms with van der Waals surface area (Å²) >= 11 is 0. The first-order valence-corrected chi connectivity index (χ1v) is 8.17. The molecule has 2 saturated heterocycles. The molecule has 2 rings (SSSR count). The number of likely N-dealkylation sites (tertiary alicyclic amines) is 2. The minimum atomic E-state index is -0.345. The van der Waals surface area contributed by atoms with Crippen molar-refractivity contribution >= 4 is 5.91 Å². The van der Waals surface area contributed by atoms with Crippen LogP contribution in [-0.4, -0.2) is 59.1 Å². The SMILES string of the molecule is CC1CC(C)CN(C(=O)CN2CCCCC2C(C)O)C1. The van der Waals surface area contributed by atoms with Crippen LogP contribution in [0.15, 0.2) is 0 Å². The first-order valence-electron chi connectivity index (χ1n) is 8.17. The number of piperidine rings is 2. The number of hydrogen-bond acceptors (Lipinski definition) is 3. The first-order chi connectivity index (χ1) is 9.47. The Hall–Kier alpha value is -0.610. The van der Waals surface area contributed by atoms with Crippen LogP contribution in [0.3, 0.4) is 0 Å². The summed E-state index contributed by atoms with van der Waals surface area (Å²) in [4.78, 5) is 16.8. The predicted molar refractivity (Wildman–Crippen MR) is 80.4 cm³/mol. The van der Waals surface area contributed by atoms with E-state index in [2.05, 4.69) is 18.7 Å². The molecule has 1 amide bonds. The molecule has 2 aliphatic rings. The van der Waals surface area contributed by atoms with Gasteiger partial charge in [0.15, 0.2) is 0 Å². The number of aliphatic hydroxyl groups is 1. The molecule has 2 fully saturated rings. The van der Waals surface area contributed by atoms with Crippen molar-refractivity contribution in [2.24, 2.45) is 11.8 Å². The van der Waals surface area contributed by atoms with Crippen LogP contribution in [0.5, 0.6) is 0 Å². The number of carbonyl (C=O) groups is 1. The number of amides is 1. The van der Waals surface area contributed by atoms with Crippen LogP contribution >= 0.6 is 0 Å². The summed E-state index contributed by atoms with van der Waals surface area (Å²) in [6.45, 7) is 9.53. The van der Waals surface area contributed by atoms with E-state index in [9.17, 15) is 9.90 Å². The highest BCUT2D eigenvalue weighted by atomic mass is 16.3. The summed E-state index contributed by atoms with van der Waals surface area (Å²) in [7, 11) is 0. The second-order valence-electron chi connectivity index (χ2n) is 7.02. The topological polar surface area (TPSA) is 43.8 Å². The van der Waals surface area contributed by atoms with Crippen molar-refractivity contribution in [2.45, 2.75) is 58.6 Å². The number of rotatable bonds is 3. The number of carbonyl (C=O) groups excluding carboxylic acids is 1. The molecule has 4 atom stereocenters. The van der Waals surface area contributed by atoms with Gasteiger partial charge in [0.25, 0.3) is 0 Å². The van der Waals surface area contributed by atoms with Gasteiger partial charge in [0.2, 0.25) is 5.91 Å². The maximum atomic E-state index is 12.5. The number of aliphatic hydroxyl groups excluding tert-OH is 1. The quantitative estimate of drug-likeness (QED) is 0.857. The minimum Gasteiger partial charge on any atom is -0.392 e. The summed E-state index contributed by atoms with van der Waals surface area (Å²) in [5, 5.41) is 9.89. The molecular weight excluding hydrogens is 252 g/mol. The van der Waals surface area contributed by atoms with Gasteiger partial charge in [0, 0.05) is 19.1 Å². The molecule has 2 aliphatic heterocycles. The van der Waals surface area contributed by atoms with Crippen molar-refractivity contribution in [2.75, 3.05) is 26.2 Å². The van der Waals surface area contributed by atoms with Gasteiger partial charge in [-0.1, -0.05) is 20.3 Å². The van der Waals surface area contributed by atoms with Gasteiger partial charge in [0.1, 0.15) is 0 Å². The van der Waals surface area contributed by atoms with E-state index in [1.54, 1.807) is 0 Å². The molecule has 20 heavy (non-hydrogen) atoms. The molecule has 0 aromatic heterocycles. The van der Waals surface area contributed by atoms with Crippen LogP contribution in [0.25, 0.3) is 0 Å². The fourth-order valence-electron chi connectivity index (χ4n) is 3.90. The van der Waals surface area contributed by atoms with Crippen LogP contribution in [0.1, 0.15) is 46.5 Å². The third-order valence-electron chi connectivity index (χ3n) is 4.78. The highest BCUT2D eigenvalue weighted by molar-refractivity contribution is 5.78. The van der Waals surface area contributed by atoms with Crippen LogP contribution in [-0.2, 0) is 4.79 Å². The van der Waals surface area contributed by atoms with E-state index < -0.39 is 0 Å². The molecule has 2 heterocycles. The Morgan fingerprint density at radius 2 is 1.90 bits per heavy atom. The van der Waals surface area contributed by atoms with Gasteiger partial charge in [-0.25, -0.2) is 0 Å². The third-order valence-corrected chi connectivity index (χ3v) is 4.78. The maximum absolute atomic E-state index is 12.5. The van der Waals surface area contributed by atoms with Gasteiger partial charge < -0.3 is 10.0 Å². The summed E-state index contributed by atoms with van der Waals surface area (Å²) in [5.74, 6) is 1.46. The maximum Gasteiger partial charge on any atom is 0.236 e. The van der Waals surface area contributed by atoms with Gasteiger partial charge in [-0.2, -0.15) is 0 Å². The lowest BCUT2D eigenvalue weighted by Crippen LogP contribution is -2.52. The van der Waals surface area contributed by atoms with Crippen molar-refractivity contribution in [1.29, 1.82) is 0 Å². The zero-order chi connectivity index (χ0) is 14.7. The van der Waals surface area contributed by atoms with E-state index >= 15 is 0 Å². The largest absolute Gasteiger partial charge is 0.392 e. The predicted octanol–water partition coefficient (Wildman–Crippen LogP) is 1.73. The molecular formula is C16H30N2O2. The third kappa shape index (κ3) is 3.95. The Morgan fingerprint density at radius 3 is 2.50 bits per heavy atom. The van der Waals surface area contributed by atoms with E-state index in [0.717, 1.165) is 38.9 Å². The Kier molecular flexibility index (Phi) is 5.44. The molecule has 0 aromatic carbocycles. The molecule has 4 heteroatoms. The van der Waals surface area contributed by atoms with Crippen LogP contribution < -0.4 is 0 Å². The second-order valence-corrected chi connectivity index (χ2v) is 7.02. The Morgan fingerprint density at radius 1 is 1.25 bits per heavy atom.